The lowest BCUT2D eigenvalue weighted by Crippen LogP contribution is -2.24. The minimum absolute atomic E-state index is 0. The summed E-state index contributed by atoms with van der Waals surface area (Å²) in [6.45, 7) is 1.80. The predicted molar refractivity (Wildman–Crippen MR) is 88.1 cm³/mol. The van der Waals surface area contributed by atoms with Gasteiger partial charge in [0.25, 0.3) is 0 Å². The van der Waals surface area contributed by atoms with Crippen molar-refractivity contribution in [3.05, 3.63) is 59.4 Å². The minimum Gasteiger partial charge on any atom is -0.312 e. The molecule has 3 N–H and O–H groups in total. The Hall–Kier alpha value is -2.11. The van der Waals surface area contributed by atoms with E-state index in [1.807, 2.05) is 18.2 Å². The summed E-state index contributed by atoms with van der Waals surface area (Å²) in [6, 6.07) is 11.5. The molecule has 0 unspecified atom stereocenters. The van der Waals surface area contributed by atoms with Gasteiger partial charge in [0, 0.05) is 12.2 Å². The number of amides is 2. The van der Waals surface area contributed by atoms with Crippen LogP contribution in [0.2, 0.25) is 0 Å². The van der Waals surface area contributed by atoms with E-state index in [0.29, 0.717) is 5.69 Å². The summed E-state index contributed by atoms with van der Waals surface area (Å²) >= 11 is 0. The molecule has 4 nitrogen and oxygen atoms in total. The van der Waals surface area contributed by atoms with E-state index in [4.69, 9.17) is 0 Å². The van der Waals surface area contributed by atoms with Crippen molar-refractivity contribution in [1.29, 1.82) is 0 Å². The fraction of sp³-hybridized carbons (Fsp3) is 0.188. The van der Waals surface area contributed by atoms with Crippen molar-refractivity contribution >= 4 is 29.8 Å². The first kappa shape index (κ1) is 16.3. The van der Waals surface area contributed by atoms with Crippen LogP contribution in [0.15, 0.2) is 42.5 Å². The Morgan fingerprint density at radius 3 is 2.73 bits per heavy atom. The number of para-hydroxylation sites is 1. The summed E-state index contributed by atoms with van der Waals surface area (Å²) in [5.41, 5.74) is 3.36. The number of carbonyl (C=O) groups is 1. The lowest BCUT2D eigenvalue weighted by atomic mass is 10.0. The zero-order valence-corrected chi connectivity index (χ0v) is 12.7. The predicted octanol–water partition coefficient (Wildman–Crippen LogP) is 3.54. The maximum atomic E-state index is 13.5. The Bertz CT molecular complexity index is 678. The van der Waals surface area contributed by atoms with Crippen LogP contribution in [0.25, 0.3) is 0 Å². The van der Waals surface area contributed by atoms with Gasteiger partial charge in [-0.15, -0.1) is 12.4 Å². The van der Waals surface area contributed by atoms with Gasteiger partial charge >= 0.3 is 6.03 Å². The molecule has 0 saturated heterocycles. The molecule has 6 heteroatoms. The number of hydrogen-bond acceptors (Lipinski definition) is 2. The summed E-state index contributed by atoms with van der Waals surface area (Å²) < 4.78 is 13.5. The highest BCUT2D eigenvalue weighted by atomic mass is 35.5. The van der Waals surface area contributed by atoms with Crippen molar-refractivity contribution in [1.82, 2.24) is 5.32 Å². The highest BCUT2D eigenvalue weighted by Gasteiger charge is 2.11. The topological polar surface area (TPSA) is 53.2 Å². The van der Waals surface area contributed by atoms with Crippen LogP contribution < -0.4 is 16.0 Å². The van der Waals surface area contributed by atoms with Crippen molar-refractivity contribution in [3.8, 4) is 0 Å². The normalized spacial score (nSPS) is 12.8. The van der Waals surface area contributed by atoms with Crippen LogP contribution in [0, 0.1) is 5.82 Å². The monoisotopic (exact) mass is 321 g/mol. The molecule has 0 spiro atoms. The van der Waals surface area contributed by atoms with Crippen LogP contribution >= 0.6 is 12.4 Å². The van der Waals surface area contributed by atoms with Gasteiger partial charge in [-0.2, -0.15) is 0 Å². The molecular weight excluding hydrogens is 305 g/mol. The third kappa shape index (κ3) is 3.75. The van der Waals surface area contributed by atoms with Crippen molar-refractivity contribution < 1.29 is 9.18 Å². The molecule has 0 saturated carbocycles. The molecule has 22 heavy (non-hydrogen) atoms. The SMILES string of the molecule is Cl.O=C(Nc1ccc2c(c1)CCNC2)Nc1ccccc1F. The highest BCUT2D eigenvalue weighted by molar-refractivity contribution is 5.99. The van der Waals surface area contributed by atoms with E-state index in [0.717, 1.165) is 19.5 Å². The molecule has 0 radical (unpaired) electrons. The molecular formula is C16H17ClFN3O. The lowest BCUT2D eigenvalue weighted by Gasteiger charge is -2.18. The van der Waals surface area contributed by atoms with E-state index in [-0.39, 0.29) is 18.1 Å². The van der Waals surface area contributed by atoms with Gasteiger partial charge < -0.3 is 16.0 Å². The molecule has 2 amide bonds. The Morgan fingerprint density at radius 2 is 1.91 bits per heavy atom. The van der Waals surface area contributed by atoms with E-state index in [1.165, 1.54) is 23.3 Å². The quantitative estimate of drug-likeness (QED) is 0.792. The van der Waals surface area contributed by atoms with Gasteiger partial charge in [-0.3, -0.25) is 0 Å². The van der Waals surface area contributed by atoms with Crippen LogP contribution in [-0.4, -0.2) is 12.6 Å². The standard InChI is InChI=1S/C16H16FN3O.ClH/c17-14-3-1-2-4-15(14)20-16(21)19-13-6-5-12-10-18-8-7-11(12)9-13;/h1-6,9,18H,7-8,10H2,(H2,19,20,21);1H. The van der Waals surface area contributed by atoms with Crippen molar-refractivity contribution in [2.75, 3.05) is 17.2 Å². The van der Waals surface area contributed by atoms with E-state index in [9.17, 15) is 9.18 Å². The third-order valence-electron chi connectivity index (χ3n) is 3.47. The van der Waals surface area contributed by atoms with Gasteiger partial charge in [-0.1, -0.05) is 18.2 Å². The van der Waals surface area contributed by atoms with E-state index >= 15 is 0 Å². The smallest absolute Gasteiger partial charge is 0.312 e. The zero-order valence-electron chi connectivity index (χ0n) is 11.9. The molecule has 1 aliphatic heterocycles. The van der Waals surface area contributed by atoms with Crippen LogP contribution in [0.1, 0.15) is 11.1 Å². The molecule has 2 aromatic rings. The second-order valence-electron chi connectivity index (χ2n) is 4.97. The Balaban J connectivity index is 0.00000176. The van der Waals surface area contributed by atoms with Gasteiger partial charge in [0.15, 0.2) is 0 Å². The van der Waals surface area contributed by atoms with E-state index < -0.39 is 11.8 Å². The summed E-state index contributed by atoms with van der Waals surface area (Å²) in [4.78, 5) is 11.9. The van der Waals surface area contributed by atoms with Gasteiger partial charge in [0.1, 0.15) is 5.82 Å². The van der Waals surface area contributed by atoms with Crippen LogP contribution in [-0.2, 0) is 13.0 Å². The molecule has 0 aromatic heterocycles. The van der Waals surface area contributed by atoms with E-state index in [2.05, 4.69) is 16.0 Å². The second kappa shape index (κ2) is 7.24. The van der Waals surface area contributed by atoms with Gasteiger partial charge in [-0.05, 0) is 48.4 Å². The summed E-state index contributed by atoms with van der Waals surface area (Å²) in [7, 11) is 0. The second-order valence-corrected chi connectivity index (χ2v) is 4.97. The fourth-order valence-electron chi connectivity index (χ4n) is 2.40. The molecule has 0 bridgehead atoms. The molecule has 1 aliphatic rings. The molecule has 2 aromatic carbocycles. The number of benzene rings is 2. The molecule has 0 atom stereocenters. The number of rotatable bonds is 2. The van der Waals surface area contributed by atoms with Crippen LogP contribution in [0.5, 0.6) is 0 Å². The van der Waals surface area contributed by atoms with Crippen LogP contribution in [0.4, 0.5) is 20.6 Å². The third-order valence-corrected chi connectivity index (χ3v) is 3.47. The first-order chi connectivity index (χ1) is 10.2. The number of nitrogens with one attached hydrogen (secondary N) is 3. The first-order valence-electron chi connectivity index (χ1n) is 6.87. The molecule has 0 fully saturated rings. The number of carbonyl (C=O) groups excluding carboxylic acids is 1. The highest BCUT2D eigenvalue weighted by Crippen LogP contribution is 2.19. The average molecular weight is 322 g/mol. The summed E-state index contributed by atoms with van der Waals surface area (Å²) in [5.74, 6) is -0.454. The number of halogens is 2. The number of fused-ring (bicyclic) bond motifs is 1. The maximum absolute atomic E-state index is 13.5. The van der Waals surface area contributed by atoms with E-state index in [1.54, 1.807) is 12.1 Å². The van der Waals surface area contributed by atoms with Crippen molar-refractivity contribution in [3.63, 3.8) is 0 Å². The first-order valence-corrected chi connectivity index (χ1v) is 6.87. The molecule has 1 heterocycles. The van der Waals surface area contributed by atoms with Gasteiger partial charge in [-0.25, -0.2) is 9.18 Å². The maximum Gasteiger partial charge on any atom is 0.323 e. The van der Waals surface area contributed by atoms with Gasteiger partial charge in [0.05, 0.1) is 5.69 Å². The number of urea groups is 1. The van der Waals surface area contributed by atoms with Crippen LogP contribution in [0.3, 0.4) is 0 Å². The Morgan fingerprint density at radius 1 is 1.09 bits per heavy atom. The van der Waals surface area contributed by atoms with Gasteiger partial charge in [0.2, 0.25) is 0 Å². The number of anilines is 2. The lowest BCUT2D eigenvalue weighted by molar-refractivity contribution is 0.262. The molecule has 116 valence electrons. The Labute approximate surface area is 134 Å². The zero-order chi connectivity index (χ0) is 14.7. The fourth-order valence-corrected chi connectivity index (χ4v) is 2.40. The largest absolute Gasteiger partial charge is 0.323 e. The molecule has 3 rings (SSSR count). The molecule has 0 aliphatic carbocycles. The number of hydrogen-bond donors (Lipinski definition) is 3. The minimum atomic E-state index is -0.454. The van der Waals surface area contributed by atoms with Crippen molar-refractivity contribution in [2.45, 2.75) is 13.0 Å². The summed E-state index contributed by atoms with van der Waals surface area (Å²) in [5, 5.41) is 8.53. The average Bonchev–Trinajstić information content (AvgIpc) is 2.49. The Kier molecular flexibility index (Phi) is 5.35. The summed E-state index contributed by atoms with van der Waals surface area (Å²) in [6.07, 6.45) is 0.944. The van der Waals surface area contributed by atoms with Crippen molar-refractivity contribution in [2.24, 2.45) is 0 Å².